The van der Waals surface area contributed by atoms with Crippen molar-refractivity contribution in [2.24, 2.45) is 16.8 Å². The maximum absolute atomic E-state index is 13.3. The van der Waals surface area contributed by atoms with Crippen LogP contribution in [0, 0.1) is 30.1 Å². The molecule has 1 aromatic carbocycles. The molecular formula is C21H23N3O2S2. The van der Waals surface area contributed by atoms with Gasteiger partial charge in [-0.05, 0) is 42.7 Å². The van der Waals surface area contributed by atoms with Crippen molar-refractivity contribution in [1.82, 2.24) is 0 Å². The normalized spacial score (nSPS) is 27.0. The highest BCUT2D eigenvalue weighted by Gasteiger charge is 2.52. The van der Waals surface area contributed by atoms with E-state index in [0.717, 1.165) is 16.2 Å². The van der Waals surface area contributed by atoms with E-state index in [1.165, 1.54) is 23.1 Å². The molecule has 0 aliphatic carbocycles. The van der Waals surface area contributed by atoms with Crippen molar-refractivity contribution in [2.45, 2.75) is 32.4 Å². The van der Waals surface area contributed by atoms with Gasteiger partial charge in [-0.3, -0.25) is 4.79 Å². The fraction of sp³-hybridized carbons (Fsp3) is 0.381. The number of nitriles is 1. The Balaban J connectivity index is 2.06. The maximum Gasteiger partial charge on any atom is 0.233 e. The van der Waals surface area contributed by atoms with E-state index in [0.29, 0.717) is 10.7 Å². The summed E-state index contributed by atoms with van der Waals surface area (Å²) in [6.45, 7) is 5.45. The lowest BCUT2D eigenvalue weighted by atomic mass is 9.73. The lowest BCUT2D eigenvalue weighted by Crippen LogP contribution is -2.51. The van der Waals surface area contributed by atoms with Crippen molar-refractivity contribution in [1.29, 1.82) is 5.26 Å². The zero-order chi connectivity index (χ0) is 20.3. The van der Waals surface area contributed by atoms with Gasteiger partial charge in [-0.15, -0.1) is 23.1 Å². The first kappa shape index (κ1) is 20.6. The number of hydrogen-bond donors (Lipinski definition) is 2. The molecule has 1 amide bonds. The van der Waals surface area contributed by atoms with Gasteiger partial charge in [-0.1, -0.05) is 31.2 Å². The molecule has 2 aromatic rings. The van der Waals surface area contributed by atoms with Crippen LogP contribution in [0.4, 0.5) is 5.69 Å². The summed E-state index contributed by atoms with van der Waals surface area (Å²) >= 11 is 2.94. The predicted octanol–water partition coefficient (Wildman–Crippen LogP) is 4.41. The number of aryl methyl sites for hydroxylation is 1. The van der Waals surface area contributed by atoms with Crippen LogP contribution < -0.4 is 5.32 Å². The standard InChI is InChI=1S/C21H23N3O2S2/c1-4-27-20-14(12-22)17(16-10-7-11-28-16)18(21(3,26)24-20)19(25)23-15-9-6-5-8-13(15)2/h5-11,14,17-18,26H,4H2,1-3H3,(H,23,25)/t14?,17-,18-,21+/m0/s1. The molecule has 0 bridgehead atoms. The molecule has 1 aromatic heterocycles. The summed E-state index contributed by atoms with van der Waals surface area (Å²) in [6, 6.07) is 13.7. The topological polar surface area (TPSA) is 85.5 Å². The average molecular weight is 414 g/mol. The Morgan fingerprint density at radius 1 is 1.39 bits per heavy atom. The number of nitrogens with zero attached hydrogens (tertiary/aromatic N) is 2. The molecule has 0 radical (unpaired) electrons. The first-order valence-corrected chi connectivity index (χ1v) is 11.0. The Bertz CT molecular complexity index is 916. The summed E-state index contributed by atoms with van der Waals surface area (Å²) < 4.78 is 0. The van der Waals surface area contributed by atoms with Crippen LogP contribution >= 0.6 is 23.1 Å². The minimum atomic E-state index is -1.60. The Morgan fingerprint density at radius 3 is 2.75 bits per heavy atom. The molecule has 2 heterocycles. The van der Waals surface area contributed by atoms with Crippen LogP contribution in [0.15, 0.2) is 46.8 Å². The summed E-state index contributed by atoms with van der Waals surface area (Å²) in [4.78, 5) is 18.7. The Hall–Kier alpha value is -2.14. The molecule has 7 heteroatoms. The molecule has 2 N–H and O–H groups in total. The molecule has 4 atom stereocenters. The number of thiophene rings is 1. The third kappa shape index (κ3) is 4.00. The summed E-state index contributed by atoms with van der Waals surface area (Å²) in [5, 5.41) is 26.5. The number of aliphatic hydroxyl groups is 1. The van der Waals surface area contributed by atoms with Gasteiger partial charge in [0.05, 0.1) is 17.0 Å². The number of thioether (sulfide) groups is 1. The summed E-state index contributed by atoms with van der Waals surface area (Å²) in [6.07, 6.45) is 0. The van der Waals surface area contributed by atoms with Crippen LogP contribution in [-0.2, 0) is 4.79 Å². The molecule has 28 heavy (non-hydrogen) atoms. The van der Waals surface area contributed by atoms with Gasteiger partial charge in [0.1, 0.15) is 5.92 Å². The van der Waals surface area contributed by atoms with Gasteiger partial charge in [0.2, 0.25) is 5.91 Å². The van der Waals surface area contributed by atoms with Crippen LogP contribution in [0.1, 0.15) is 30.2 Å². The maximum atomic E-state index is 13.3. The molecule has 146 valence electrons. The van der Waals surface area contributed by atoms with Gasteiger partial charge in [0.25, 0.3) is 0 Å². The van der Waals surface area contributed by atoms with Gasteiger partial charge in [0, 0.05) is 16.5 Å². The van der Waals surface area contributed by atoms with E-state index in [4.69, 9.17) is 0 Å². The lowest BCUT2D eigenvalue weighted by molar-refractivity contribution is -0.130. The first-order valence-electron chi connectivity index (χ1n) is 9.13. The van der Waals surface area contributed by atoms with Crippen molar-refractivity contribution < 1.29 is 9.90 Å². The summed E-state index contributed by atoms with van der Waals surface area (Å²) in [5.74, 6) is -1.50. The van der Waals surface area contributed by atoms with E-state index in [2.05, 4.69) is 16.4 Å². The highest BCUT2D eigenvalue weighted by molar-refractivity contribution is 8.14. The number of para-hydroxylation sites is 1. The molecule has 1 aliphatic rings. The number of amides is 1. The molecule has 3 rings (SSSR count). The van der Waals surface area contributed by atoms with Crippen molar-refractivity contribution in [3.05, 3.63) is 52.2 Å². The number of carbonyl (C=O) groups is 1. The van der Waals surface area contributed by atoms with E-state index in [1.807, 2.05) is 55.6 Å². The molecule has 5 nitrogen and oxygen atoms in total. The largest absolute Gasteiger partial charge is 0.369 e. The highest BCUT2D eigenvalue weighted by atomic mass is 32.2. The number of carbonyl (C=O) groups excluding carboxylic acids is 1. The van der Waals surface area contributed by atoms with Gasteiger partial charge in [-0.25, -0.2) is 4.99 Å². The molecule has 1 aliphatic heterocycles. The SMILES string of the molecule is CCSC1=N[C@](C)(O)[C@H](C(=O)Nc2ccccc2C)[C@H](c2cccs2)C1C#N. The van der Waals surface area contributed by atoms with Gasteiger partial charge < -0.3 is 10.4 Å². The average Bonchev–Trinajstić information content (AvgIpc) is 3.17. The van der Waals surface area contributed by atoms with Crippen molar-refractivity contribution in [3.8, 4) is 6.07 Å². The Kier molecular flexibility index (Phi) is 6.23. The third-order valence-corrected chi connectivity index (χ3v) is 6.80. The molecule has 0 saturated carbocycles. The number of hydrogen-bond acceptors (Lipinski definition) is 6. The van der Waals surface area contributed by atoms with Crippen molar-refractivity contribution >= 4 is 39.7 Å². The fourth-order valence-electron chi connectivity index (χ4n) is 3.60. The van der Waals surface area contributed by atoms with Crippen LogP contribution in [-0.4, -0.2) is 27.5 Å². The van der Waals surface area contributed by atoms with Gasteiger partial charge in [-0.2, -0.15) is 5.26 Å². The second-order valence-electron chi connectivity index (χ2n) is 6.91. The van der Waals surface area contributed by atoms with Crippen molar-refractivity contribution in [2.75, 3.05) is 11.1 Å². The monoisotopic (exact) mass is 413 g/mol. The second kappa shape index (κ2) is 8.48. The highest BCUT2D eigenvalue weighted by Crippen LogP contribution is 2.47. The van der Waals surface area contributed by atoms with Crippen LogP contribution in [0.3, 0.4) is 0 Å². The number of rotatable bonds is 4. The smallest absolute Gasteiger partial charge is 0.233 e. The zero-order valence-corrected chi connectivity index (χ0v) is 17.7. The van der Waals surface area contributed by atoms with Crippen molar-refractivity contribution in [3.63, 3.8) is 0 Å². The number of benzene rings is 1. The minimum absolute atomic E-state index is 0.331. The minimum Gasteiger partial charge on any atom is -0.369 e. The summed E-state index contributed by atoms with van der Waals surface area (Å²) in [7, 11) is 0. The fourth-order valence-corrected chi connectivity index (χ4v) is 5.42. The molecule has 1 unspecified atom stereocenters. The van der Waals surface area contributed by atoms with E-state index in [-0.39, 0.29) is 5.91 Å². The van der Waals surface area contributed by atoms with Gasteiger partial charge in [0.15, 0.2) is 5.72 Å². The van der Waals surface area contributed by atoms with E-state index in [9.17, 15) is 15.2 Å². The molecule has 0 saturated heterocycles. The van der Waals surface area contributed by atoms with E-state index in [1.54, 1.807) is 6.92 Å². The molecule has 0 spiro atoms. The predicted molar refractivity (Wildman–Crippen MR) is 116 cm³/mol. The molecular weight excluding hydrogens is 390 g/mol. The first-order chi connectivity index (χ1) is 13.4. The van der Waals surface area contributed by atoms with Crippen LogP contribution in [0.25, 0.3) is 0 Å². The van der Waals surface area contributed by atoms with E-state index >= 15 is 0 Å². The van der Waals surface area contributed by atoms with Gasteiger partial charge >= 0.3 is 0 Å². The van der Waals surface area contributed by atoms with Crippen LogP contribution in [0.2, 0.25) is 0 Å². The Morgan fingerprint density at radius 2 is 2.14 bits per heavy atom. The quantitative estimate of drug-likeness (QED) is 0.777. The number of nitrogens with one attached hydrogen (secondary N) is 1. The third-order valence-electron chi connectivity index (χ3n) is 4.90. The molecule has 0 fully saturated rings. The lowest BCUT2D eigenvalue weighted by Gasteiger charge is -2.41. The van der Waals surface area contributed by atoms with Crippen LogP contribution in [0.5, 0.6) is 0 Å². The van der Waals surface area contributed by atoms with E-state index < -0.39 is 23.5 Å². The number of anilines is 1. The zero-order valence-electron chi connectivity index (χ0n) is 16.0. The number of aliphatic imine (C=N–C) groups is 1. The Labute approximate surface area is 173 Å². The second-order valence-corrected chi connectivity index (χ2v) is 9.17. The summed E-state index contributed by atoms with van der Waals surface area (Å²) in [5.41, 5.74) is 0.0210.